The van der Waals surface area contributed by atoms with E-state index in [1.54, 1.807) is 6.07 Å². The van der Waals surface area contributed by atoms with Gasteiger partial charge in [0.25, 0.3) is 0 Å². The molecule has 1 amide bonds. The van der Waals surface area contributed by atoms with Crippen LogP contribution in [0, 0.1) is 11.8 Å². The molecule has 0 spiro atoms. The summed E-state index contributed by atoms with van der Waals surface area (Å²) in [5.41, 5.74) is -0.280. The maximum absolute atomic E-state index is 14.4. The Bertz CT molecular complexity index is 910. The number of H-pyrrole nitrogens is 1. The molecule has 1 aliphatic heterocycles. The Morgan fingerprint density at radius 1 is 1.37 bits per heavy atom. The molecule has 1 aromatic heterocycles. The van der Waals surface area contributed by atoms with Gasteiger partial charge in [-0.15, -0.1) is 16.1 Å². The lowest BCUT2D eigenvalue weighted by Crippen LogP contribution is -2.34. The van der Waals surface area contributed by atoms with Gasteiger partial charge in [0.05, 0.1) is 12.5 Å². The van der Waals surface area contributed by atoms with Gasteiger partial charge in [-0.25, -0.2) is 4.79 Å². The van der Waals surface area contributed by atoms with Gasteiger partial charge in [0, 0.05) is 18.5 Å². The number of carbonyl (C=O) groups excluding carboxylic acids is 1. The van der Waals surface area contributed by atoms with Crippen LogP contribution in [0.15, 0.2) is 42.5 Å². The van der Waals surface area contributed by atoms with Crippen molar-refractivity contribution in [1.82, 2.24) is 25.5 Å². The molecule has 2 atom stereocenters. The van der Waals surface area contributed by atoms with Crippen molar-refractivity contribution in [3.8, 4) is 11.8 Å². The first-order chi connectivity index (χ1) is 14.5. The van der Waals surface area contributed by atoms with E-state index in [9.17, 15) is 18.7 Å². The highest BCUT2D eigenvalue weighted by atomic mass is 19.3. The van der Waals surface area contributed by atoms with Crippen molar-refractivity contribution < 1.29 is 23.4 Å². The van der Waals surface area contributed by atoms with Crippen LogP contribution in [0.25, 0.3) is 0 Å². The third kappa shape index (κ3) is 5.39. The van der Waals surface area contributed by atoms with Crippen LogP contribution in [0.5, 0.6) is 0 Å². The number of benzene rings is 1. The third-order valence-electron chi connectivity index (χ3n) is 4.52. The van der Waals surface area contributed by atoms with Crippen molar-refractivity contribution in [3.63, 3.8) is 0 Å². The number of amides is 1. The molecule has 1 aromatic carbocycles. The molecule has 2 heterocycles. The fourth-order valence-electron chi connectivity index (χ4n) is 2.89. The van der Waals surface area contributed by atoms with Crippen molar-refractivity contribution >= 4 is 6.09 Å². The van der Waals surface area contributed by atoms with E-state index < -0.39 is 24.2 Å². The SMILES string of the molecule is O=C1OCC(/C=C/C(O)C(F)(F)c2ccccc2)N1CCCC#CCc1nn[nH]n1. The molecule has 0 aliphatic carbocycles. The van der Waals surface area contributed by atoms with Gasteiger partial charge in [-0.05, 0) is 6.42 Å². The summed E-state index contributed by atoms with van der Waals surface area (Å²) in [4.78, 5) is 13.4. The van der Waals surface area contributed by atoms with E-state index in [4.69, 9.17) is 4.74 Å². The number of ether oxygens (including phenoxy) is 1. The first-order valence-electron chi connectivity index (χ1n) is 9.39. The summed E-state index contributed by atoms with van der Waals surface area (Å²) in [6, 6.07) is 6.57. The molecule has 158 valence electrons. The van der Waals surface area contributed by atoms with Crippen molar-refractivity contribution in [2.45, 2.75) is 37.3 Å². The third-order valence-corrected chi connectivity index (χ3v) is 4.52. The molecular weight excluding hydrogens is 396 g/mol. The molecule has 1 aliphatic rings. The lowest BCUT2D eigenvalue weighted by atomic mass is 10.0. The number of nitrogens with one attached hydrogen (secondary N) is 1. The van der Waals surface area contributed by atoms with Crippen molar-refractivity contribution in [2.24, 2.45) is 0 Å². The standard InChI is InChI=1S/C20H21F2N5O3/c21-20(22,15-8-4-3-5-9-15)17(28)12-11-16-14-30-19(29)27(16)13-7-2-1-6-10-18-23-25-26-24-18/h3-5,8-9,11-12,16-17,28H,2,7,10,13-14H2,(H,23,24,25,26)/b12-11+. The molecule has 0 saturated carbocycles. The molecular formula is C20H21F2N5O3. The maximum Gasteiger partial charge on any atom is 0.410 e. The summed E-state index contributed by atoms with van der Waals surface area (Å²) >= 11 is 0. The largest absolute Gasteiger partial charge is 0.447 e. The van der Waals surface area contributed by atoms with Gasteiger partial charge in [0.1, 0.15) is 12.7 Å². The fraction of sp³-hybridized carbons (Fsp3) is 0.400. The molecule has 8 nitrogen and oxygen atoms in total. The number of rotatable bonds is 8. The zero-order valence-corrected chi connectivity index (χ0v) is 16.0. The van der Waals surface area contributed by atoms with E-state index in [0.717, 1.165) is 6.08 Å². The van der Waals surface area contributed by atoms with Crippen LogP contribution in [0.2, 0.25) is 0 Å². The highest BCUT2D eigenvalue weighted by Gasteiger charge is 2.39. The van der Waals surface area contributed by atoms with Crippen LogP contribution >= 0.6 is 0 Å². The van der Waals surface area contributed by atoms with E-state index in [-0.39, 0.29) is 12.2 Å². The number of aromatic nitrogens is 4. The van der Waals surface area contributed by atoms with Crippen LogP contribution in [0.4, 0.5) is 13.6 Å². The lowest BCUT2D eigenvalue weighted by molar-refractivity contribution is -0.0929. The number of aromatic amines is 1. The molecule has 0 bridgehead atoms. The van der Waals surface area contributed by atoms with Gasteiger partial charge in [-0.3, -0.25) is 4.90 Å². The van der Waals surface area contributed by atoms with Crippen LogP contribution in [-0.4, -0.2) is 62.0 Å². The van der Waals surface area contributed by atoms with Crippen molar-refractivity contribution in [3.05, 3.63) is 53.9 Å². The smallest absolute Gasteiger partial charge is 0.410 e. The average molecular weight is 417 g/mol. The summed E-state index contributed by atoms with van der Waals surface area (Å²) in [5.74, 6) is 2.92. The Morgan fingerprint density at radius 2 is 2.17 bits per heavy atom. The maximum atomic E-state index is 14.4. The molecule has 2 aromatic rings. The van der Waals surface area contributed by atoms with E-state index >= 15 is 0 Å². The Balaban J connectivity index is 1.51. The Morgan fingerprint density at radius 3 is 2.90 bits per heavy atom. The highest BCUT2D eigenvalue weighted by molar-refractivity contribution is 5.70. The number of tetrazole rings is 1. The number of nitrogens with zero attached hydrogens (tertiary/aromatic N) is 4. The normalized spacial score (nSPS) is 17.6. The molecule has 2 unspecified atom stereocenters. The summed E-state index contributed by atoms with van der Waals surface area (Å²) in [5, 5.41) is 23.3. The first-order valence-corrected chi connectivity index (χ1v) is 9.39. The number of carbonyl (C=O) groups is 1. The molecule has 3 rings (SSSR count). The minimum atomic E-state index is -3.44. The first kappa shape index (κ1) is 21.4. The van der Waals surface area contributed by atoms with Crippen LogP contribution in [-0.2, 0) is 17.1 Å². The minimum Gasteiger partial charge on any atom is -0.447 e. The summed E-state index contributed by atoms with van der Waals surface area (Å²) in [6.45, 7) is 0.401. The second-order valence-electron chi connectivity index (χ2n) is 6.62. The summed E-state index contributed by atoms with van der Waals surface area (Å²) in [6.07, 6.45) is 1.35. The number of alkyl halides is 2. The zero-order chi connectivity index (χ0) is 21.4. The second-order valence-corrected chi connectivity index (χ2v) is 6.62. The van der Waals surface area contributed by atoms with E-state index in [0.29, 0.717) is 31.6 Å². The Kier molecular flexibility index (Phi) is 7.08. The Labute approximate surface area is 171 Å². The van der Waals surface area contributed by atoms with Crippen molar-refractivity contribution in [1.29, 1.82) is 0 Å². The number of hydrogen-bond donors (Lipinski definition) is 2. The number of aliphatic hydroxyl groups excluding tert-OH is 1. The van der Waals surface area contributed by atoms with Gasteiger partial charge in [-0.1, -0.05) is 53.6 Å². The quantitative estimate of drug-likeness (QED) is 0.387. The minimum absolute atomic E-state index is 0.0441. The monoisotopic (exact) mass is 417 g/mol. The molecule has 1 fully saturated rings. The fourth-order valence-corrected chi connectivity index (χ4v) is 2.89. The average Bonchev–Trinajstić information content (AvgIpc) is 3.39. The van der Waals surface area contributed by atoms with Crippen molar-refractivity contribution in [2.75, 3.05) is 13.2 Å². The van der Waals surface area contributed by atoms with Crippen LogP contribution in [0.3, 0.4) is 0 Å². The van der Waals surface area contributed by atoms with Gasteiger partial charge < -0.3 is 9.84 Å². The van der Waals surface area contributed by atoms with Gasteiger partial charge in [0.15, 0.2) is 5.82 Å². The van der Waals surface area contributed by atoms with E-state index in [1.807, 2.05) is 0 Å². The second kappa shape index (κ2) is 9.93. The zero-order valence-electron chi connectivity index (χ0n) is 16.0. The van der Waals surface area contributed by atoms with E-state index in [1.165, 1.54) is 35.2 Å². The summed E-state index contributed by atoms with van der Waals surface area (Å²) < 4.78 is 33.8. The molecule has 10 heteroatoms. The number of cyclic esters (lactones) is 1. The van der Waals surface area contributed by atoms with Gasteiger partial charge >= 0.3 is 12.0 Å². The number of hydrogen-bond acceptors (Lipinski definition) is 6. The molecule has 30 heavy (non-hydrogen) atoms. The van der Waals surface area contributed by atoms with E-state index in [2.05, 4.69) is 32.5 Å². The van der Waals surface area contributed by atoms with Gasteiger partial charge in [-0.2, -0.15) is 14.0 Å². The summed E-state index contributed by atoms with van der Waals surface area (Å²) in [7, 11) is 0. The molecule has 2 N–H and O–H groups in total. The highest BCUT2D eigenvalue weighted by Crippen LogP contribution is 2.32. The van der Waals surface area contributed by atoms with Gasteiger partial charge in [0.2, 0.25) is 0 Å². The molecule has 0 radical (unpaired) electrons. The predicted octanol–water partition coefficient (Wildman–Crippen LogP) is 2.06. The molecule has 1 saturated heterocycles. The topological polar surface area (TPSA) is 104 Å². The number of halogens is 2. The lowest BCUT2D eigenvalue weighted by Gasteiger charge is -2.22. The Hall–Kier alpha value is -3.32. The predicted molar refractivity (Wildman–Crippen MR) is 102 cm³/mol. The van der Waals surface area contributed by atoms with Crippen LogP contribution in [0.1, 0.15) is 24.2 Å². The number of unbranched alkanes of at least 4 members (excludes halogenated alkanes) is 1. The van der Waals surface area contributed by atoms with Crippen LogP contribution < -0.4 is 0 Å². The number of aliphatic hydroxyl groups is 1.